The molecule has 3 heteroatoms. The van der Waals surface area contributed by atoms with Crippen LogP contribution < -0.4 is 4.98 Å². The van der Waals surface area contributed by atoms with Gasteiger partial charge in [-0.05, 0) is 23.1 Å². The largest absolute Gasteiger partial charge is 0.663 e. The Kier molecular flexibility index (Phi) is 3.37. The van der Waals surface area contributed by atoms with Crippen LogP contribution in [0.2, 0.25) is 0 Å². The van der Waals surface area contributed by atoms with Gasteiger partial charge in [0.05, 0.1) is 11.2 Å². The Morgan fingerprint density at radius 2 is 1.60 bits per heavy atom. The molecule has 0 aliphatic heterocycles. The molecular weight excluding hydrogens is 298 g/mol. The molecule has 2 aromatic carbocycles. The van der Waals surface area contributed by atoms with Crippen LogP contribution in [0.25, 0.3) is 33.1 Å². The van der Waals surface area contributed by atoms with E-state index >= 15 is 0 Å². The summed E-state index contributed by atoms with van der Waals surface area (Å²) in [7, 11) is 0. The van der Waals surface area contributed by atoms with Crippen LogP contribution in [-0.4, -0.2) is 4.98 Å². The average molecular weight is 309 g/mol. The van der Waals surface area contributed by atoms with Gasteiger partial charge in [0, 0.05) is 24.9 Å². The quantitative estimate of drug-likeness (QED) is 0.497. The van der Waals surface area contributed by atoms with Gasteiger partial charge in [-0.25, -0.2) is 4.98 Å². The van der Waals surface area contributed by atoms with Crippen molar-refractivity contribution in [3.63, 3.8) is 0 Å². The minimum Gasteiger partial charge on any atom is -0.663 e. The van der Waals surface area contributed by atoms with Crippen molar-refractivity contribution in [1.29, 1.82) is 0 Å². The van der Waals surface area contributed by atoms with Gasteiger partial charge in [-0.1, -0.05) is 48.5 Å². The average Bonchev–Trinajstić information content (AvgIpc) is 2.95. The fraction of sp³-hybridized carbons (Fsp3) is 0. The molecule has 0 saturated carbocycles. The van der Waals surface area contributed by atoms with Crippen molar-refractivity contribution in [3.05, 3.63) is 66.9 Å². The second-order valence-electron chi connectivity index (χ2n) is 4.58. The van der Waals surface area contributed by atoms with Gasteiger partial charge in [0.15, 0.2) is 0 Å². The van der Waals surface area contributed by atoms with Crippen LogP contribution in [0.15, 0.2) is 66.9 Å². The predicted molar refractivity (Wildman–Crippen MR) is 78.0 cm³/mol. The Bertz CT molecular complexity index is 880. The summed E-state index contributed by atoms with van der Waals surface area (Å²) >= 11 is 0. The van der Waals surface area contributed by atoms with Crippen LogP contribution in [0.4, 0.5) is 0 Å². The van der Waals surface area contributed by atoms with Crippen molar-refractivity contribution < 1.29 is 19.5 Å². The molecule has 0 saturated heterocycles. The molecule has 2 aromatic heterocycles. The molecule has 0 aliphatic rings. The van der Waals surface area contributed by atoms with E-state index in [1.807, 2.05) is 30.5 Å². The number of hydrogen-bond donors (Lipinski definition) is 0. The summed E-state index contributed by atoms with van der Waals surface area (Å²) < 4.78 is 0. The third kappa shape index (κ3) is 2.04. The summed E-state index contributed by atoms with van der Waals surface area (Å²) in [5.74, 6) is 0. The molecule has 4 aromatic rings. The molecule has 0 bridgehead atoms. The normalized spacial score (nSPS) is 10.6. The number of hydrogen-bond acceptors (Lipinski definition) is 1. The Labute approximate surface area is 129 Å². The van der Waals surface area contributed by atoms with Crippen molar-refractivity contribution in [3.8, 4) is 11.3 Å². The van der Waals surface area contributed by atoms with Crippen LogP contribution in [0.1, 0.15) is 0 Å². The van der Waals surface area contributed by atoms with E-state index in [0.717, 1.165) is 33.1 Å². The monoisotopic (exact) mass is 307 g/mol. The standard InChI is InChI=1S/C17H11N2.Zn/c1-2-7-15-12(4-1)8-9-16(19-15)14-6-3-5-13-10-11-18-17(13)14;/h1-11H;/q-1;. The zero-order valence-electron chi connectivity index (χ0n) is 11.0. The number of fused-ring (bicyclic) bond motifs is 2. The zero-order chi connectivity index (χ0) is 12.7. The molecule has 20 heavy (non-hydrogen) atoms. The maximum atomic E-state index is 4.74. The summed E-state index contributed by atoms with van der Waals surface area (Å²) in [4.78, 5) is 9.17. The van der Waals surface area contributed by atoms with E-state index in [0.29, 0.717) is 0 Å². The molecule has 0 atom stereocenters. The molecule has 0 unspecified atom stereocenters. The summed E-state index contributed by atoms with van der Waals surface area (Å²) in [6, 6.07) is 20.6. The van der Waals surface area contributed by atoms with Gasteiger partial charge in [0.25, 0.3) is 0 Å². The van der Waals surface area contributed by atoms with Crippen LogP contribution in [0, 0.1) is 0 Å². The molecule has 0 radical (unpaired) electrons. The summed E-state index contributed by atoms with van der Waals surface area (Å²) in [5.41, 5.74) is 4.10. The topological polar surface area (TPSA) is 27.0 Å². The van der Waals surface area contributed by atoms with Gasteiger partial charge >= 0.3 is 0 Å². The van der Waals surface area contributed by atoms with E-state index in [4.69, 9.17) is 4.98 Å². The van der Waals surface area contributed by atoms with Crippen LogP contribution in [0.5, 0.6) is 0 Å². The van der Waals surface area contributed by atoms with Crippen LogP contribution in [-0.2, 0) is 19.5 Å². The second kappa shape index (κ2) is 5.18. The van der Waals surface area contributed by atoms with E-state index in [-0.39, 0.29) is 19.5 Å². The molecule has 2 heterocycles. The first kappa shape index (κ1) is 13.0. The Balaban J connectivity index is 0.00000121. The van der Waals surface area contributed by atoms with Gasteiger partial charge in [0.1, 0.15) is 0 Å². The van der Waals surface area contributed by atoms with Gasteiger partial charge in [0.2, 0.25) is 0 Å². The van der Waals surface area contributed by atoms with E-state index in [1.54, 1.807) is 0 Å². The van der Waals surface area contributed by atoms with Gasteiger partial charge < -0.3 is 4.98 Å². The van der Waals surface area contributed by atoms with E-state index in [2.05, 4.69) is 41.4 Å². The first-order valence-corrected chi connectivity index (χ1v) is 6.28. The zero-order valence-corrected chi connectivity index (χ0v) is 13.9. The minimum atomic E-state index is 0. The number of pyridine rings is 1. The minimum absolute atomic E-state index is 0. The number of rotatable bonds is 1. The molecule has 0 N–H and O–H groups in total. The van der Waals surface area contributed by atoms with Crippen LogP contribution >= 0.6 is 0 Å². The fourth-order valence-corrected chi connectivity index (χ4v) is 2.45. The van der Waals surface area contributed by atoms with Crippen molar-refractivity contribution in [2.75, 3.05) is 0 Å². The van der Waals surface area contributed by atoms with Crippen molar-refractivity contribution in [2.45, 2.75) is 0 Å². The number of benzene rings is 2. The SMILES string of the molecule is [Zn].c1ccc2nc(-c3cccc4cc[n-]c34)ccc2c1. The van der Waals surface area contributed by atoms with Crippen molar-refractivity contribution in [1.82, 2.24) is 9.97 Å². The third-order valence-corrected chi connectivity index (χ3v) is 3.40. The molecule has 4 rings (SSSR count). The van der Waals surface area contributed by atoms with Crippen LogP contribution in [0.3, 0.4) is 0 Å². The Morgan fingerprint density at radius 3 is 2.55 bits per heavy atom. The number of aromatic nitrogens is 2. The smallest absolute Gasteiger partial charge is 0.0709 e. The first-order valence-electron chi connectivity index (χ1n) is 6.28. The molecule has 0 fully saturated rings. The van der Waals surface area contributed by atoms with Gasteiger partial charge in [-0.2, -0.15) is 6.20 Å². The molecule has 2 nitrogen and oxygen atoms in total. The molecule has 0 aliphatic carbocycles. The van der Waals surface area contributed by atoms with Gasteiger partial charge in [-0.3, -0.25) is 0 Å². The number of para-hydroxylation sites is 2. The van der Waals surface area contributed by atoms with E-state index < -0.39 is 0 Å². The number of nitrogens with zero attached hydrogens (tertiary/aromatic N) is 2. The molecule has 0 spiro atoms. The van der Waals surface area contributed by atoms with Gasteiger partial charge in [-0.15, -0.1) is 5.52 Å². The second-order valence-corrected chi connectivity index (χ2v) is 4.58. The summed E-state index contributed by atoms with van der Waals surface area (Å²) in [5, 5.41) is 2.32. The van der Waals surface area contributed by atoms with E-state index in [9.17, 15) is 0 Å². The van der Waals surface area contributed by atoms with Crippen molar-refractivity contribution in [2.24, 2.45) is 0 Å². The summed E-state index contributed by atoms with van der Waals surface area (Å²) in [6.45, 7) is 0. The predicted octanol–water partition coefficient (Wildman–Crippen LogP) is 4.01. The van der Waals surface area contributed by atoms with E-state index in [1.165, 1.54) is 0 Å². The van der Waals surface area contributed by atoms with Crippen molar-refractivity contribution >= 4 is 21.8 Å². The molecular formula is C17H11N2Zn-. The maximum absolute atomic E-state index is 4.74. The molecule has 0 amide bonds. The maximum Gasteiger partial charge on any atom is 0.0709 e. The Morgan fingerprint density at radius 1 is 0.750 bits per heavy atom. The molecule has 92 valence electrons. The first-order chi connectivity index (χ1) is 9.42. The fourth-order valence-electron chi connectivity index (χ4n) is 2.45. The third-order valence-electron chi connectivity index (χ3n) is 3.40. The Hall–Kier alpha value is -1.99. The summed E-state index contributed by atoms with van der Waals surface area (Å²) in [6.07, 6.45) is 1.84.